The molecule has 0 spiro atoms. The van der Waals surface area contributed by atoms with Crippen molar-refractivity contribution in [2.75, 3.05) is 0 Å². The average molecular weight is 236 g/mol. The number of hydrogen-bond acceptors (Lipinski definition) is 5. The minimum absolute atomic E-state index is 0.171. The molecule has 0 aliphatic rings. The van der Waals surface area contributed by atoms with E-state index in [1.807, 2.05) is 0 Å². The summed E-state index contributed by atoms with van der Waals surface area (Å²) in [6.07, 6.45) is 7.69. The molecule has 5 heteroatoms. The molecule has 0 radical (unpaired) electrons. The van der Waals surface area contributed by atoms with Gasteiger partial charge < -0.3 is 0 Å². The molecular formula is C13H8N4O. The lowest BCUT2D eigenvalue weighted by atomic mass is 10.1. The fourth-order valence-corrected chi connectivity index (χ4v) is 1.67. The predicted octanol–water partition coefficient (Wildman–Crippen LogP) is 1.65. The highest BCUT2D eigenvalue weighted by Crippen LogP contribution is 2.13. The van der Waals surface area contributed by atoms with Crippen LogP contribution in [-0.4, -0.2) is 25.7 Å². The molecule has 3 aromatic rings. The molecule has 86 valence electrons. The van der Waals surface area contributed by atoms with E-state index in [1.54, 1.807) is 30.6 Å². The summed E-state index contributed by atoms with van der Waals surface area (Å²) in [5, 5.41) is 0. The number of fused-ring (bicyclic) bond motifs is 1. The zero-order valence-corrected chi connectivity index (χ0v) is 9.32. The van der Waals surface area contributed by atoms with E-state index in [-0.39, 0.29) is 5.78 Å². The van der Waals surface area contributed by atoms with Gasteiger partial charge in [0.05, 0.1) is 17.2 Å². The highest BCUT2D eigenvalue weighted by Gasteiger charge is 2.11. The Hall–Kier alpha value is -2.69. The Labute approximate surface area is 103 Å². The standard InChI is InChI=1S/C13H8N4O/c18-13(12-8-14-3-4-17-12)9-1-2-10-11(7-9)16-6-5-15-10/h1-8H. The molecule has 1 aromatic carbocycles. The van der Waals surface area contributed by atoms with Crippen LogP contribution in [-0.2, 0) is 0 Å². The quantitative estimate of drug-likeness (QED) is 0.633. The lowest BCUT2D eigenvalue weighted by Crippen LogP contribution is -2.04. The van der Waals surface area contributed by atoms with Gasteiger partial charge in [0.1, 0.15) is 5.69 Å². The maximum atomic E-state index is 12.1. The molecule has 0 aliphatic heterocycles. The van der Waals surface area contributed by atoms with Crippen LogP contribution in [0.2, 0.25) is 0 Å². The van der Waals surface area contributed by atoms with E-state index < -0.39 is 0 Å². The van der Waals surface area contributed by atoms with Gasteiger partial charge in [0.15, 0.2) is 0 Å². The smallest absolute Gasteiger partial charge is 0.213 e. The van der Waals surface area contributed by atoms with Crippen LogP contribution in [0, 0.1) is 0 Å². The Morgan fingerprint density at radius 1 is 0.889 bits per heavy atom. The van der Waals surface area contributed by atoms with Crippen molar-refractivity contribution in [3.8, 4) is 0 Å². The molecule has 0 aliphatic carbocycles. The van der Waals surface area contributed by atoms with Crippen molar-refractivity contribution in [3.05, 3.63) is 60.4 Å². The Kier molecular flexibility index (Phi) is 2.49. The van der Waals surface area contributed by atoms with Gasteiger partial charge in [0.2, 0.25) is 5.78 Å². The second-order valence-electron chi connectivity index (χ2n) is 3.68. The van der Waals surface area contributed by atoms with E-state index in [0.29, 0.717) is 16.8 Å². The van der Waals surface area contributed by atoms with E-state index >= 15 is 0 Å². The first-order valence-electron chi connectivity index (χ1n) is 5.36. The van der Waals surface area contributed by atoms with Crippen LogP contribution >= 0.6 is 0 Å². The summed E-state index contributed by atoms with van der Waals surface area (Å²) in [5.74, 6) is -0.171. The molecule has 18 heavy (non-hydrogen) atoms. The lowest BCUT2D eigenvalue weighted by molar-refractivity contribution is 0.103. The van der Waals surface area contributed by atoms with Gasteiger partial charge in [-0.15, -0.1) is 0 Å². The minimum atomic E-state index is -0.171. The van der Waals surface area contributed by atoms with Crippen LogP contribution in [0.15, 0.2) is 49.2 Å². The molecule has 0 N–H and O–H groups in total. The molecule has 2 heterocycles. The third-order valence-electron chi connectivity index (χ3n) is 2.53. The van der Waals surface area contributed by atoms with Gasteiger partial charge in [-0.3, -0.25) is 19.7 Å². The van der Waals surface area contributed by atoms with Crippen LogP contribution in [0.4, 0.5) is 0 Å². The number of benzene rings is 1. The van der Waals surface area contributed by atoms with Crippen LogP contribution in [0.25, 0.3) is 11.0 Å². The van der Waals surface area contributed by atoms with Crippen molar-refractivity contribution in [1.29, 1.82) is 0 Å². The monoisotopic (exact) mass is 236 g/mol. The molecule has 5 nitrogen and oxygen atoms in total. The van der Waals surface area contributed by atoms with Crippen molar-refractivity contribution in [3.63, 3.8) is 0 Å². The number of aromatic nitrogens is 4. The molecule has 0 atom stereocenters. The maximum absolute atomic E-state index is 12.1. The van der Waals surface area contributed by atoms with Crippen molar-refractivity contribution < 1.29 is 4.79 Å². The third-order valence-corrected chi connectivity index (χ3v) is 2.53. The minimum Gasteiger partial charge on any atom is -0.287 e. The number of nitrogens with zero attached hydrogens (tertiary/aromatic N) is 4. The van der Waals surface area contributed by atoms with Crippen LogP contribution in [0.5, 0.6) is 0 Å². The Bertz CT molecular complexity index is 712. The summed E-state index contributed by atoms with van der Waals surface area (Å²) in [4.78, 5) is 28.3. The molecular weight excluding hydrogens is 228 g/mol. The van der Waals surface area contributed by atoms with Gasteiger partial charge in [0.25, 0.3) is 0 Å². The van der Waals surface area contributed by atoms with Crippen LogP contribution in [0.3, 0.4) is 0 Å². The molecule has 0 unspecified atom stereocenters. The fourth-order valence-electron chi connectivity index (χ4n) is 1.67. The van der Waals surface area contributed by atoms with Crippen LogP contribution < -0.4 is 0 Å². The second-order valence-corrected chi connectivity index (χ2v) is 3.68. The molecule has 0 saturated heterocycles. The number of carbonyl (C=O) groups is 1. The SMILES string of the molecule is O=C(c1ccc2nccnc2c1)c1cnccn1. The van der Waals surface area contributed by atoms with Gasteiger partial charge in [-0.25, -0.2) is 4.98 Å². The summed E-state index contributed by atoms with van der Waals surface area (Å²) < 4.78 is 0. The Balaban J connectivity index is 2.07. The van der Waals surface area contributed by atoms with Crippen molar-refractivity contribution >= 4 is 16.8 Å². The van der Waals surface area contributed by atoms with E-state index in [9.17, 15) is 4.79 Å². The van der Waals surface area contributed by atoms with Crippen molar-refractivity contribution in [1.82, 2.24) is 19.9 Å². The zero-order chi connectivity index (χ0) is 12.4. The molecule has 0 amide bonds. The maximum Gasteiger partial charge on any atom is 0.213 e. The van der Waals surface area contributed by atoms with Gasteiger partial charge in [0, 0.05) is 30.4 Å². The summed E-state index contributed by atoms with van der Waals surface area (Å²) >= 11 is 0. The molecule has 0 fully saturated rings. The first-order valence-corrected chi connectivity index (χ1v) is 5.36. The highest BCUT2D eigenvalue weighted by atomic mass is 16.1. The Morgan fingerprint density at radius 3 is 2.44 bits per heavy atom. The van der Waals surface area contributed by atoms with Gasteiger partial charge in [-0.2, -0.15) is 0 Å². The van der Waals surface area contributed by atoms with Gasteiger partial charge in [-0.05, 0) is 18.2 Å². The van der Waals surface area contributed by atoms with E-state index in [4.69, 9.17) is 0 Å². The van der Waals surface area contributed by atoms with Gasteiger partial charge in [-0.1, -0.05) is 0 Å². The van der Waals surface area contributed by atoms with E-state index in [1.165, 1.54) is 18.6 Å². The summed E-state index contributed by atoms with van der Waals surface area (Å²) in [6, 6.07) is 5.19. The molecule has 0 saturated carbocycles. The Morgan fingerprint density at radius 2 is 1.67 bits per heavy atom. The summed E-state index contributed by atoms with van der Waals surface area (Å²) in [7, 11) is 0. The van der Waals surface area contributed by atoms with E-state index in [0.717, 1.165) is 5.52 Å². The van der Waals surface area contributed by atoms with E-state index in [2.05, 4.69) is 19.9 Å². The lowest BCUT2D eigenvalue weighted by Gasteiger charge is -2.01. The zero-order valence-electron chi connectivity index (χ0n) is 9.32. The highest BCUT2D eigenvalue weighted by molar-refractivity contribution is 6.08. The molecule has 3 rings (SSSR count). The second kappa shape index (κ2) is 4.29. The number of carbonyl (C=O) groups excluding carboxylic acids is 1. The largest absolute Gasteiger partial charge is 0.287 e. The first kappa shape index (κ1) is 10.5. The van der Waals surface area contributed by atoms with Crippen molar-refractivity contribution in [2.45, 2.75) is 0 Å². The van der Waals surface area contributed by atoms with Gasteiger partial charge >= 0.3 is 0 Å². The first-order chi connectivity index (χ1) is 8.84. The number of ketones is 1. The van der Waals surface area contributed by atoms with Crippen molar-refractivity contribution in [2.24, 2.45) is 0 Å². The summed E-state index contributed by atoms with van der Waals surface area (Å²) in [6.45, 7) is 0. The third kappa shape index (κ3) is 1.82. The fraction of sp³-hybridized carbons (Fsp3) is 0. The molecule has 2 aromatic heterocycles. The topological polar surface area (TPSA) is 68.6 Å². The normalized spacial score (nSPS) is 10.4. The summed E-state index contributed by atoms with van der Waals surface area (Å²) in [5.41, 5.74) is 2.30. The number of hydrogen-bond donors (Lipinski definition) is 0. The predicted molar refractivity (Wildman–Crippen MR) is 65.0 cm³/mol. The molecule has 0 bridgehead atoms. The van der Waals surface area contributed by atoms with Crippen LogP contribution in [0.1, 0.15) is 16.1 Å². The number of rotatable bonds is 2. The average Bonchev–Trinajstić information content (AvgIpc) is 2.47.